The first-order valence-corrected chi connectivity index (χ1v) is 56.8. The van der Waals surface area contributed by atoms with Gasteiger partial charge in [0.15, 0.2) is 0 Å². The number of nitrogens with one attached hydrogen (secondary N) is 11. The van der Waals surface area contributed by atoms with Gasteiger partial charge in [-0.05, 0) is 483 Å². The van der Waals surface area contributed by atoms with Gasteiger partial charge in [0.25, 0.3) is 0 Å². The van der Waals surface area contributed by atoms with Crippen molar-refractivity contribution in [2.45, 2.75) is 634 Å². The minimum atomic E-state index is -0.239. The number of amidine groups is 3. The topological polar surface area (TPSA) is 236 Å². The molecule has 0 aliphatic carbocycles. The van der Waals surface area contributed by atoms with Crippen LogP contribution in [0, 0.1) is 0 Å². The van der Waals surface area contributed by atoms with Crippen molar-refractivity contribution in [3.8, 4) is 0 Å². The van der Waals surface area contributed by atoms with Crippen molar-refractivity contribution in [3.05, 3.63) is 35.7 Å². The summed E-state index contributed by atoms with van der Waals surface area (Å²) in [6, 6.07) is 1.24. The molecule has 0 radical (unpaired) electrons. The molecule has 0 aromatic heterocycles. The van der Waals surface area contributed by atoms with Crippen LogP contribution in [0.4, 0.5) is 0 Å². The number of hydrazine groups is 6. The molecule has 0 unspecified atom stereocenters. The van der Waals surface area contributed by atoms with Crippen LogP contribution in [-0.2, 0) is 14.5 Å². The Bertz CT molecular complexity index is 4320. The quantitative estimate of drug-likeness (QED) is 0.0456. The van der Waals surface area contributed by atoms with E-state index in [1.165, 1.54) is 0 Å². The van der Waals surface area contributed by atoms with Crippen molar-refractivity contribution in [2.24, 2.45) is 15.0 Å². The van der Waals surface area contributed by atoms with Gasteiger partial charge in [-0.15, -0.1) is 0 Å². The van der Waals surface area contributed by atoms with E-state index >= 15 is 0 Å². The molecule has 0 bridgehead atoms. The second-order valence-corrected chi connectivity index (χ2v) is 63.0. The lowest BCUT2D eigenvalue weighted by Gasteiger charge is -2.61. The molecule has 11 N–H and O–H groups in total. The Kier molecular flexibility index (Phi) is 31.0. The Morgan fingerprint density at radius 1 is 0.236 bits per heavy atom. The number of hydrogen-bond donors (Lipinski definition) is 11. The summed E-state index contributed by atoms with van der Waals surface area (Å²) in [6.07, 6.45) is 27.1. The lowest BCUT2D eigenvalue weighted by molar-refractivity contribution is -0.272. The van der Waals surface area contributed by atoms with Gasteiger partial charge in [0.2, 0.25) is 0 Å². The van der Waals surface area contributed by atoms with Gasteiger partial charge >= 0.3 is 0 Å². The summed E-state index contributed by atoms with van der Waals surface area (Å²) in [5, 5.41) is 26.1. The minimum Gasteiger partial charge on any atom is -0.354 e. The highest BCUT2D eigenvalue weighted by Crippen LogP contribution is 2.53. The Labute approximate surface area is 878 Å². The summed E-state index contributed by atoms with van der Waals surface area (Å²) in [5.74, 6) is 5.20. The van der Waals surface area contributed by atoms with Crippen LogP contribution < -0.4 is 59.1 Å². The maximum Gasteiger partial charge on any atom is 0.142 e. The van der Waals surface area contributed by atoms with Crippen molar-refractivity contribution < 1.29 is 14.5 Å². The fourth-order valence-electron chi connectivity index (χ4n) is 34.3. The molecule has 0 atom stereocenters. The normalized spacial score (nSPS) is 32.2. The van der Waals surface area contributed by atoms with Gasteiger partial charge in [-0.25, -0.2) is 0 Å². The van der Waals surface area contributed by atoms with Crippen LogP contribution in [0.15, 0.2) is 50.7 Å². The second kappa shape index (κ2) is 38.7. The number of likely N-dealkylation sites (tertiary alicyclic amines) is 6. The van der Waals surface area contributed by atoms with Gasteiger partial charge in [-0.2, -0.15) is 0 Å². The Hall–Kier alpha value is -4.25. The summed E-state index contributed by atoms with van der Waals surface area (Å²) in [5.41, 5.74) is 21.0. The molecule has 144 heavy (non-hydrogen) atoms. The number of piperidine rings is 11. The molecule has 0 amide bonds. The first-order chi connectivity index (χ1) is 65.0. The molecule has 11 saturated heterocycles. The molecule has 0 aromatic carbocycles. The molecule has 14 rings (SSSR count). The average molecular weight is 2010 g/mol. The third kappa shape index (κ3) is 26.8. The molecule has 0 spiro atoms. The van der Waals surface area contributed by atoms with Crippen LogP contribution >= 0.6 is 0 Å². The van der Waals surface area contributed by atoms with Gasteiger partial charge < -0.3 is 41.3 Å². The standard InChI is InChI=1S/C115H218N26O3/c1-94(2)61-80(62-95(3,4)125-94)134(92-53-89(120-140(123-92)143-86-73-106(25,26)131(46)107(27,28)74-86)117-78-57-112(37,38)137(113(39,40)58-78)83-67-100(13,14)128-101(15,16)68-83)50-48-133(91-52-88(119-139(122-91)142-85-71-104(21,22)130(45)105(23,24)72-85)116-77-55-110(33,34)136(111(35,36)56-77)82-65-98(9,10)127-99(11,12)66-82)49-51-135(81-63-96(5,6)126-97(7,8)64-81)93-54-90(121-141(124-93)144-87-75-108(29,30)132(47)109(31,32)76-87)118-79-59-114(41,42)138(115(43,44)60-79)84-69-102(17,18)129-103(19,20)70-84/h52-54,77-87,122-129H,48-51,55-76H2,1-47H3,(H,116,119)(H,117,120)(H,118,121). The highest BCUT2D eigenvalue weighted by molar-refractivity contribution is 5.95. The maximum atomic E-state index is 7.66. The minimum absolute atomic E-state index is 0.00107. The predicted octanol–water partition coefficient (Wildman–Crippen LogP) is 17.9. The monoisotopic (exact) mass is 2010 g/mol. The first kappa shape index (κ1) is 115. The van der Waals surface area contributed by atoms with Gasteiger partial charge in [0.05, 0.1) is 36.4 Å². The summed E-state index contributed by atoms with van der Waals surface area (Å²) >= 11 is 0. The summed E-state index contributed by atoms with van der Waals surface area (Å²) in [4.78, 5) is 65.6. The Balaban J connectivity index is 0.932. The third-order valence-electron chi connectivity index (χ3n) is 37.0. The molecule has 826 valence electrons. The highest BCUT2D eigenvalue weighted by atomic mass is 16.8. The Morgan fingerprint density at radius 2 is 0.424 bits per heavy atom. The van der Waals surface area contributed by atoms with E-state index in [0.717, 1.165) is 176 Å². The lowest BCUT2D eigenvalue weighted by atomic mass is 9.71. The van der Waals surface area contributed by atoms with E-state index in [2.05, 4.69) is 447 Å². The van der Waals surface area contributed by atoms with Gasteiger partial charge in [0, 0.05) is 196 Å². The molecule has 0 saturated carbocycles. The molecular weight excluding hydrogens is 1790 g/mol. The third-order valence-corrected chi connectivity index (χ3v) is 37.0. The molecule has 14 aliphatic heterocycles. The zero-order chi connectivity index (χ0) is 107. The largest absolute Gasteiger partial charge is 0.354 e. The van der Waals surface area contributed by atoms with E-state index in [-0.39, 0.29) is 170 Å². The van der Waals surface area contributed by atoms with E-state index in [4.69, 9.17) is 29.5 Å². The van der Waals surface area contributed by atoms with Crippen molar-refractivity contribution in [3.63, 3.8) is 0 Å². The Morgan fingerprint density at radius 3 is 0.632 bits per heavy atom. The number of nitrogens with zero attached hydrogens (tertiary/aromatic N) is 15. The summed E-state index contributed by atoms with van der Waals surface area (Å²) in [7, 11) is 6.87. The van der Waals surface area contributed by atoms with Crippen LogP contribution in [0.5, 0.6) is 0 Å². The number of rotatable bonds is 23. The van der Waals surface area contributed by atoms with Crippen molar-refractivity contribution in [1.29, 1.82) is 0 Å². The van der Waals surface area contributed by atoms with Crippen molar-refractivity contribution >= 4 is 17.5 Å². The molecule has 11 fully saturated rings. The van der Waals surface area contributed by atoms with E-state index < -0.39 is 0 Å². The molecule has 14 heterocycles. The van der Waals surface area contributed by atoms with Crippen molar-refractivity contribution in [1.82, 2.24) is 119 Å². The molecular formula is C115H218N26O3. The van der Waals surface area contributed by atoms with E-state index in [9.17, 15) is 0 Å². The van der Waals surface area contributed by atoms with Crippen LogP contribution in [0.2, 0.25) is 0 Å². The number of hydrogen-bond acceptors (Lipinski definition) is 26. The molecule has 0 aromatic rings. The molecule has 29 heteroatoms. The van der Waals surface area contributed by atoms with Gasteiger partial charge in [0.1, 0.15) is 35.0 Å². The van der Waals surface area contributed by atoms with Crippen LogP contribution in [0.3, 0.4) is 0 Å². The molecule has 14 aliphatic rings. The average Bonchev–Trinajstić information content (AvgIpc) is 0.730. The first-order valence-electron chi connectivity index (χ1n) is 56.8. The smallest absolute Gasteiger partial charge is 0.142 e. The second-order valence-electron chi connectivity index (χ2n) is 63.0. The fourth-order valence-corrected chi connectivity index (χ4v) is 34.3. The van der Waals surface area contributed by atoms with E-state index in [1.54, 1.807) is 0 Å². The van der Waals surface area contributed by atoms with E-state index in [0.29, 0.717) is 44.3 Å². The summed E-state index contributed by atoms with van der Waals surface area (Å²) < 4.78 is 0. The number of aliphatic imine (C=N–C) groups is 3. The van der Waals surface area contributed by atoms with Crippen LogP contribution in [0.1, 0.15) is 446 Å². The van der Waals surface area contributed by atoms with Crippen LogP contribution in [-0.4, -0.2) is 313 Å². The fraction of sp³-hybridized carbons (Fsp3) is 0.922. The SMILES string of the molecule is CN1C(C)(C)CC(ON2NC(N(CCN(C3=CC(=NC4CC(C)(C)N(C5CC(C)(C)NC(C)(C)C5)C(C)(C)C4)NN(OC4CC(C)(C)N(C)C(C)(C)C4)N3)C3CC(C)(C)NC(C)(C)C3)CCN(C3=CC(=NC4CC(C)(C)N(C5CC(C)(C)NC(C)(C)C5)C(C)(C)C4)NN(OC4CC(C)(C)N(C)C(C)(C)C4)N3)C3CC(C)(C)NC(C)(C)C3)=CC(=NC3CC(C)(C)N(C4CC(C)(C)NC(C)(C)C4)C(C)(C)C3)N2)CC1(C)C. The summed E-state index contributed by atoms with van der Waals surface area (Å²) in [6.45, 7) is 109. The molecule has 29 nitrogen and oxygen atoms in total. The zero-order valence-corrected chi connectivity index (χ0v) is 101. The van der Waals surface area contributed by atoms with Crippen LogP contribution in [0.25, 0.3) is 0 Å². The zero-order valence-electron chi connectivity index (χ0n) is 101. The van der Waals surface area contributed by atoms with E-state index in [1.807, 2.05) is 15.8 Å². The van der Waals surface area contributed by atoms with Crippen molar-refractivity contribution in [2.75, 3.05) is 47.3 Å². The lowest BCUT2D eigenvalue weighted by Crippen LogP contribution is -2.70. The maximum absolute atomic E-state index is 7.66. The highest BCUT2D eigenvalue weighted by Gasteiger charge is 2.59. The van der Waals surface area contributed by atoms with Gasteiger partial charge in [-0.3, -0.25) is 91.4 Å². The van der Waals surface area contributed by atoms with Gasteiger partial charge in [-0.1, -0.05) is 0 Å². The predicted molar refractivity (Wildman–Crippen MR) is 597 cm³/mol.